The Morgan fingerprint density at radius 3 is 2.47 bits per heavy atom. The van der Waals surface area contributed by atoms with E-state index in [4.69, 9.17) is 20.8 Å². The fourth-order valence-corrected chi connectivity index (χ4v) is 5.94. The Morgan fingerprint density at radius 1 is 1.05 bits per heavy atom. The van der Waals surface area contributed by atoms with E-state index in [0.29, 0.717) is 36.4 Å². The first-order chi connectivity index (χ1) is 18.1. The van der Waals surface area contributed by atoms with E-state index in [1.807, 2.05) is 13.0 Å². The van der Waals surface area contributed by atoms with Gasteiger partial charge in [0, 0.05) is 30.1 Å². The lowest BCUT2D eigenvalue weighted by molar-refractivity contribution is -0.118. The van der Waals surface area contributed by atoms with Gasteiger partial charge in [-0.25, -0.2) is 13.2 Å². The molecule has 0 aliphatic rings. The number of amides is 1. The van der Waals surface area contributed by atoms with Crippen molar-refractivity contribution in [3.05, 3.63) is 63.0 Å². The summed E-state index contributed by atoms with van der Waals surface area (Å²) in [4.78, 5) is 25.2. The van der Waals surface area contributed by atoms with Crippen LogP contribution in [0.2, 0.25) is 5.02 Å². The lowest BCUT2D eigenvalue weighted by Crippen LogP contribution is -2.30. The van der Waals surface area contributed by atoms with Gasteiger partial charge in [0.1, 0.15) is 11.3 Å². The number of aryl methyl sites for hydroxylation is 1. The molecule has 1 amide bonds. The highest BCUT2D eigenvalue weighted by atomic mass is 35.5. The van der Waals surface area contributed by atoms with Gasteiger partial charge in [-0.2, -0.15) is 4.31 Å². The molecule has 0 aliphatic carbocycles. The summed E-state index contributed by atoms with van der Waals surface area (Å²) in [5, 5.41) is 3.63. The standard InChI is InChI=1S/C28H35ClN2O6S/c1-5-8-9-10-11-23-19(4)22-14-12-20(16-26(22)37-28(23)33)36-18-27(32)30-25-17-21(13-15-24(25)29)38(34,35)31(6-2)7-3/h12-17H,5-11,18H2,1-4H3,(H,30,32). The smallest absolute Gasteiger partial charge is 0.339 e. The number of hydrogen-bond acceptors (Lipinski definition) is 6. The van der Waals surface area contributed by atoms with Crippen molar-refractivity contribution < 1.29 is 22.4 Å². The molecule has 0 bridgehead atoms. The Hall–Kier alpha value is -2.88. The van der Waals surface area contributed by atoms with Crippen molar-refractivity contribution in [2.45, 2.75) is 64.7 Å². The Kier molecular flexibility index (Phi) is 10.4. The second-order valence-corrected chi connectivity index (χ2v) is 11.4. The van der Waals surface area contributed by atoms with Crippen LogP contribution in [0.3, 0.4) is 0 Å². The molecule has 0 atom stereocenters. The average molecular weight is 563 g/mol. The first-order valence-corrected chi connectivity index (χ1v) is 14.7. The number of ether oxygens (including phenoxy) is 1. The first kappa shape index (κ1) is 29.7. The molecule has 38 heavy (non-hydrogen) atoms. The number of anilines is 1. The normalized spacial score (nSPS) is 11.7. The molecular formula is C28H35ClN2O6S. The minimum absolute atomic E-state index is 0.0338. The van der Waals surface area contributed by atoms with Gasteiger partial charge in [0.05, 0.1) is 15.6 Å². The monoisotopic (exact) mass is 562 g/mol. The molecule has 1 aromatic heterocycles. The Morgan fingerprint density at radius 2 is 1.79 bits per heavy atom. The minimum Gasteiger partial charge on any atom is -0.484 e. The van der Waals surface area contributed by atoms with E-state index in [2.05, 4.69) is 12.2 Å². The molecule has 0 fully saturated rings. The summed E-state index contributed by atoms with van der Waals surface area (Å²) in [5.74, 6) is -0.167. The summed E-state index contributed by atoms with van der Waals surface area (Å²) in [6, 6.07) is 9.29. The van der Waals surface area contributed by atoms with E-state index in [-0.39, 0.29) is 27.8 Å². The van der Waals surface area contributed by atoms with Crippen LogP contribution >= 0.6 is 11.6 Å². The van der Waals surface area contributed by atoms with Crippen molar-refractivity contribution in [3.8, 4) is 5.75 Å². The number of hydrogen-bond donors (Lipinski definition) is 1. The Balaban J connectivity index is 1.71. The number of carbonyl (C=O) groups excluding carboxylic acids is 1. The van der Waals surface area contributed by atoms with Crippen LogP contribution in [0.1, 0.15) is 57.6 Å². The molecule has 3 rings (SSSR count). The molecule has 0 radical (unpaired) electrons. The number of sulfonamides is 1. The third-order valence-electron chi connectivity index (χ3n) is 6.46. The molecule has 1 heterocycles. The summed E-state index contributed by atoms with van der Waals surface area (Å²) in [6.45, 7) is 7.86. The zero-order chi connectivity index (χ0) is 27.9. The summed E-state index contributed by atoms with van der Waals surface area (Å²) < 4.78 is 38.1. The summed E-state index contributed by atoms with van der Waals surface area (Å²) >= 11 is 6.20. The summed E-state index contributed by atoms with van der Waals surface area (Å²) in [7, 11) is -3.71. The van der Waals surface area contributed by atoms with Crippen molar-refractivity contribution in [2.75, 3.05) is 25.0 Å². The quantitative estimate of drug-likeness (QED) is 0.204. The Bertz CT molecular complexity index is 1450. The van der Waals surface area contributed by atoms with E-state index in [1.54, 1.807) is 26.0 Å². The van der Waals surface area contributed by atoms with Crippen LogP contribution in [-0.4, -0.2) is 38.3 Å². The summed E-state index contributed by atoms with van der Waals surface area (Å²) in [6.07, 6.45) is 4.96. The number of unbranched alkanes of at least 4 members (excludes halogenated alkanes) is 3. The fraction of sp³-hybridized carbons (Fsp3) is 0.429. The molecule has 8 nitrogen and oxygen atoms in total. The summed E-state index contributed by atoms with van der Waals surface area (Å²) in [5.41, 5.74) is 1.80. The van der Waals surface area contributed by atoms with E-state index < -0.39 is 15.9 Å². The maximum absolute atomic E-state index is 12.8. The van der Waals surface area contributed by atoms with Crippen LogP contribution in [0.15, 0.2) is 50.5 Å². The van der Waals surface area contributed by atoms with Gasteiger partial charge in [0.15, 0.2) is 6.61 Å². The fourth-order valence-electron chi connectivity index (χ4n) is 4.29. The highest BCUT2D eigenvalue weighted by molar-refractivity contribution is 7.89. The number of halogens is 1. The van der Waals surface area contributed by atoms with Gasteiger partial charge in [-0.05, 0) is 55.7 Å². The maximum Gasteiger partial charge on any atom is 0.339 e. The predicted molar refractivity (Wildman–Crippen MR) is 151 cm³/mol. The van der Waals surface area contributed by atoms with Crippen LogP contribution in [-0.2, 0) is 21.2 Å². The van der Waals surface area contributed by atoms with E-state index in [1.165, 1.54) is 22.5 Å². The second-order valence-electron chi connectivity index (χ2n) is 9.03. The third kappa shape index (κ3) is 6.95. The lowest BCUT2D eigenvalue weighted by atomic mass is 10.0. The van der Waals surface area contributed by atoms with Crippen molar-refractivity contribution in [1.29, 1.82) is 0 Å². The van der Waals surface area contributed by atoms with Gasteiger partial charge in [0.25, 0.3) is 5.91 Å². The van der Waals surface area contributed by atoms with E-state index in [0.717, 1.165) is 36.6 Å². The Labute approximate surface area is 229 Å². The van der Waals surface area contributed by atoms with Crippen molar-refractivity contribution in [2.24, 2.45) is 0 Å². The third-order valence-corrected chi connectivity index (χ3v) is 8.84. The van der Waals surface area contributed by atoms with Crippen LogP contribution in [0.25, 0.3) is 11.0 Å². The van der Waals surface area contributed by atoms with E-state index >= 15 is 0 Å². The lowest BCUT2D eigenvalue weighted by Gasteiger charge is -2.19. The molecule has 0 unspecified atom stereocenters. The molecule has 3 aromatic rings. The molecule has 0 saturated heterocycles. The number of fused-ring (bicyclic) bond motifs is 1. The van der Waals surface area contributed by atoms with Crippen LogP contribution < -0.4 is 15.7 Å². The van der Waals surface area contributed by atoms with Crippen LogP contribution in [0.5, 0.6) is 5.75 Å². The number of nitrogens with zero attached hydrogens (tertiary/aromatic N) is 1. The molecule has 0 spiro atoms. The highest BCUT2D eigenvalue weighted by Gasteiger charge is 2.23. The number of benzene rings is 2. The molecule has 0 aliphatic heterocycles. The SMILES string of the molecule is CCCCCCc1c(C)c2ccc(OCC(=O)Nc3cc(S(=O)(=O)N(CC)CC)ccc3Cl)cc2oc1=O. The van der Waals surface area contributed by atoms with E-state index in [9.17, 15) is 18.0 Å². The topological polar surface area (TPSA) is 106 Å². The first-order valence-electron chi connectivity index (χ1n) is 12.9. The average Bonchev–Trinajstić information content (AvgIpc) is 2.88. The molecule has 0 saturated carbocycles. The van der Waals surface area contributed by atoms with Gasteiger partial charge in [0.2, 0.25) is 10.0 Å². The zero-order valence-corrected chi connectivity index (χ0v) is 23.9. The molecule has 10 heteroatoms. The zero-order valence-electron chi connectivity index (χ0n) is 22.3. The van der Waals surface area contributed by atoms with Gasteiger partial charge >= 0.3 is 5.63 Å². The number of nitrogens with one attached hydrogen (secondary N) is 1. The van der Waals surface area contributed by atoms with Crippen molar-refractivity contribution in [3.63, 3.8) is 0 Å². The number of rotatable bonds is 13. The van der Waals surface area contributed by atoms with Gasteiger partial charge in [-0.15, -0.1) is 0 Å². The molecule has 2 aromatic carbocycles. The van der Waals surface area contributed by atoms with Crippen molar-refractivity contribution >= 4 is 44.2 Å². The van der Waals surface area contributed by atoms with Crippen LogP contribution in [0, 0.1) is 6.92 Å². The van der Waals surface area contributed by atoms with Gasteiger partial charge in [-0.3, -0.25) is 4.79 Å². The predicted octanol–water partition coefficient (Wildman–Crippen LogP) is 5.93. The second kappa shape index (κ2) is 13.3. The largest absolute Gasteiger partial charge is 0.484 e. The maximum atomic E-state index is 12.8. The van der Waals surface area contributed by atoms with Crippen LogP contribution in [0.4, 0.5) is 5.69 Å². The number of carbonyl (C=O) groups is 1. The minimum atomic E-state index is -3.71. The van der Waals surface area contributed by atoms with Crippen molar-refractivity contribution in [1.82, 2.24) is 4.31 Å². The highest BCUT2D eigenvalue weighted by Crippen LogP contribution is 2.28. The molecular weight excluding hydrogens is 528 g/mol. The van der Waals surface area contributed by atoms with Gasteiger partial charge in [-0.1, -0.05) is 51.6 Å². The van der Waals surface area contributed by atoms with Gasteiger partial charge < -0.3 is 14.5 Å². The molecule has 1 N–H and O–H groups in total. The molecule has 206 valence electrons.